The molecule has 6 aromatic rings. The van der Waals surface area contributed by atoms with Crippen molar-refractivity contribution in [2.75, 3.05) is 0 Å². The van der Waals surface area contributed by atoms with E-state index in [4.69, 9.17) is 14.1 Å². The zero-order chi connectivity index (χ0) is 21.5. The Labute approximate surface area is 183 Å². The molecule has 6 rings (SSSR count). The number of pyridine rings is 1. The van der Waals surface area contributed by atoms with Crippen molar-refractivity contribution in [3.05, 3.63) is 109 Å². The number of aromatic nitrogens is 1. The highest BCUT2D eigenvalue weighted by Gasteiger charge is 2.18. The molecule has 0 aliphatic carbocycles. The van der Waals surface area contributed by atoms with Crippen molar-refractivity contribution >= 4 is 38.6 Å². The molecule has 0 aliphatic heterocycles. The monoisotopic (exact) mass is 415 g/mol. The fraction of sp³-hybridized carbons (Fsp3) is 0. The fourth-order valence-corrected chi connectivity index (χ4v) is 4.02. The van der Waals surface area contributed by atoms with Crippen LogP contribution in [0.25, 0.3) is 44.1 Å². The molecule has 0 bridgehead atoms. The van der Waals surface area contributed by atoms with Gasteiger partial charge in [0.15, 0.2) is 5.76 Å². The molecule has 152 valence electrons. The lowest BCUT2D eigenvalue weighted by Crippen LogP contribution is -2.10. The standard InChI is InChI=1S/C28H17NO3/c30-28(32-26-15-7-10-18-8-1-3-11-20(18)26)22-17-24(29-23-13-5-4-12-21(22)23)27-16-19-9-2-6-14-25(19)31-27/h1-17H. The fourth-order valence-electron chi connectivity index (χ4n) is 4.02. The Morgan fingerprint density at radius 1 is 0.719 bits per heavy atom. The lowest BCUT2D eigenvalue weighted by molar-refractivity contribution is 0.0739. The van der Waals surface area contributed by atoms with Gasteiger partial charge in [-0.15, -0.1) is 0 Å². The van der Waals surface area contributed by atoms with Crippen LogP contribution in [-0.2, 0) is 0 Å². The Bertz CT molecular complexity index is 1590. The number of hydrogen-bond acceptors (Lipinski definition) is 4. The molecule has 2 heterocycles. The van der Waals surface area contributed by atoms with Crippen molar-refractivity contribution in [1.29, 1.82) is 0 Å². The van der Waals surface area contributed by atoms with Gasteiger partial charge in [-0.1, -0.05) is 72.8 Å². The number of nitrogens with zero attached hydrogens (tertiary/aromatic N) is 1. The van der Waals surface area contributed by atoms with Crippen LogP contribution in [-0.4, -0.2) is 11.0 Å². The smallest absolute Gasteiger partial charge is 0.344 e. The largest absolute Gasteiger partial charge is 0.454 e. The Morgan fingerprint density at radius 3 is 2.31 bits per heavy atom. The molecule has 0 N–H and O–H groups in total. The minimum absolute atomic E-state index is 0.433. The molecule has 0 saturated heterocycles. The second kappa shape index (κ2) is 7.36. The van der Waals surface area contributed by atoms with Crippen molar-refractivity contribution < 1.29 is 13.9 Å². The van der Waals surface area contributed by atoms with Crippen LogP contribution in [0.4, 0.5) is 0 Å². The third kappa shape index (κ3) is 3.10. The summed E-state index contributed by atoms with van der Waals surface area (Å²) >= 11 is 0. The maximum Gasteiger partial charge on any atom is 0.344 e. The summed E-state index contributed by atoms with van der Waals surface area (Å²) in [5, 5.41) is 3.62. The normalized spacial score (nSPS) is 11.2. The van der Waals surface area contributed by atoms with Gasteiger partial charge < -0.3 is 9.15 Å². The van der Waals surface area contributed by atoms with Crippen molar-refractivity contribution in [2.45, 2.75) is 0 Å². The number of ether oxygens (including phenoxy) is 1. The molecular weight excluding hydrogens is 398 g/mol. The number of para-hydroxylation sites is 2. The Hall–Kier alpha value is -4.44. The second-order valence-corrected chi connectivity index (χ2v) is 7.59. The first kappa shape index (κ1) is 18.3. The van der Waals surface area contributed by atoms with Crippen LogP contribution >= 0.6 is 0 Å². The van der Waals surface area contributed by atoms with Crippen LogP contribution in [0.5, 0.6) is 5.75 Å². The number of hydrogen-bond donors (Lipinski definition) is 0. The van der Waals surface area contributed by atoms with Gasteiger partial charge in [-0.3, -0.25) is 0 Å². The maximum absolute atomic E-state index is 13.3. The third-order valence-corrected chi connectivity index (χ3v) is 5.57. The van der Waals surface area contributed by atoms with Crippen LogP contribution in [0, 0.1) is 0 Å². The van der Waals surface area contributed by atoms with E-state index in [9.17, 15) is 4.79 Å². The van der Waals surface area contributed by atoms with Crippen molar-refractivity contribution in [3.63, 3.8) is 0 Å². The first-order valence-electron chi connectivity index (χ1n) is 10.3. The number of esters is 1. The predicted molar refractivity (Wildman–Crippen MR) is 126 cm³/mol. The maximum atomic E-state index is 13.3. The highest BCUT2D eigenvalue weighted by molar-refractivity contribution is 6.06. The number of carbonyl (C=O) groups is 1. The predicted octanol–water partition coefficient (Wildman–Crippen LogP) is 7.02. The lowest BCUT2D eigenvalue weighted by atomic mass is 10.1. The van der Waals surface area contributed by atoms with Gasteiger partial charge in [0.05, 0.1) is 11.1 Å². The number of furan rings is 1. The van der Waals surface area contributed by atoms with E-state index in [-0.39, 0.29) is 0 Å². The number of benzene rings is 4. The molecule has 0 spiro atoms. The number of rotatable bonds is 3. The molecule has 0 radical (unpaired) electrons. The summed E-state index contributed by atoms with van der Waals surface area (Å²) < 4.78 is 11.9. The zero-order valence-electron chi connectivity index (χ0n) is 17.0. The van der Waals surface area contributed by atoms with E-state index in [1.54, 1.807) is 6.07 Å². The van der Waals surface area contributed by atoms with Gasteiger partial charge in [0.1, 0.15) is 17.0 Å². The quantitative estimate of drug-likeness (QED) is 0.230. The molecular formula is C28H17NO3. The van der Waals surface area contributed by atoms with Crippen LogP contribution in [0.15, 0.2) is 108 Å². The summed E-state index contributed by atoms with van der Waals surface area (Å²) in [5.41, 5.74) is 2.51. The van der Waals surface area contributed by atoms with E-state index < -0.39 is 5.97 Å². The summed E-state index contributed by atoms with van der Waals surface area (Å²) in [7, 11) is 0. The number of fused-ring (bicyclic) bond motifs is 3. The lowest BCUT2D eigenvalue weighted by Gasteiger charge is -2.10. The van der Waals surface area contributed by atoms with Crippen LogP contribution in [0.1, 0.15) is 10.4 Å². The van der Waals surface area contributed by atoms with Gasteiger partial charge in [0.25, 0.3) is 0 Å². The van der Waals surface area contributed by atoms with Gasteiger partial charge in [0.2, 0.25) is 0 Å². The minimum Gasteiger partial charge on any atom is -0.454 e. The van der Waals surface area contributed by atoms with Gasteiger partial charge in [-0.05, 0) is 35.7 Å². The molecule has 0 amide bonds. The average Bonchev–Trinajstić information content (AvgIpc) is 3.28. The van der Waals surface area contributed by atoms with Crippen LogP contribution < -0.4 is 4.74 Å². The van der Waals surface area contributed by atoms with Crippen molar-refractivity contribution in [1.82, 2.24) is 4.98 Å². The first-order valence-corrected chi connectivity index (χ1v) is 10.3. The SMILES string of the molecule is O=C(Oc1cccc2ccccc12)c1cc(-c2cc3ccccc3o2)nc2ccccc12. The molecule has 0 aliphatic rings. The summed E-state index contributed by atoms with van der Waals surface area (Å²) in [6.07, 6.45) is 0. The first-order chi connectivity index (χ1) is 15.8. The van der Waals surface area contributed by atoms with E-state index in [1.165, 1.54) is 0 Å². The minimum atomic E-state index is -0.433. The average molecular weight is 415 g/mol. The Morgan fingerprint density at radius 2 is 1.44 bits per heavy atom. The molecule has 0 unspecified atom stereocenters. The molecule has 4 aromatic carbocycles. The van der Waals surface area contributed by atoms with Gasteiger partial charge in [0, 0.05) is 16.2 Å². The van der Waals surface area contributed by atoms with E-state index in [0.29, 0.717) is 28.3 Å². The van der Waals surface area contributed by atoms with E-state index in [2.05, 4.69) is 0 Å². The summed E-state index contributed by atoms with van der Waals surface area (Å²) in [6.45, 7) is 0. The van der Waals surface area contributed by atoms with Gasteiger partial charge in [-0.2, -0.15) is 0 Å². The Balaban J connectivity index is 1.48. The molecule has 4 nitrogen and oxygen atoms in total. The molecule has 32 heavy (non-hydrogen) atoms. The summed E-state index contributed by atoms with van der Waals surface area (Å²) in [4.78, 5) is 18.1. The highest BCUT2D eigenvalue weighted by atomic mass is 16.5. The molecule has 2 aromatic heterocycles. The molecule has 0 saturated carbocycles. The van der Waals surface area contributed by atoms with Gasteiger partial charge >= 0.3 is 5.97 Å². The van der Waals surface area contributed by atoms with Crippen LogP contribution in [0.2, 0.25) is 0 Å². The van der Waals surface area contributed by atoms with Gasteiger partial charge in [-0.25, -0.2) is 9.78 Å². The van der Waals surface area contributed by atoms with Crippen molar-refractivity contribution in [2.24, 2.45) is 0 Å². The van der Waals surface area contributed by atoms with Crippen molar-refractivity contribution in [3.8, 4) is 17.2 Å². The van der Waals surface area contributed by atoms with E-state index in [0.717, 1.165) is 27.1 Å². The topological polar surface area (TPSA) is 52.3 Å². The third-order valence-electron chi connectivity index (χ3n) is 5.57. The zero-order valence-corrected chi connectivity index (χ0v) is 17.0. The van der Waals surface area contributed by atoms with E-state index >= 15 is 0 Å². The summed E-state index contributed by atoms with van der Waals surface area (Å²) in [5.74, 6) is 0.702. The molecule has 4 heteroatoms. The molecule has 0 atom stereocenters. The highest BCUT2D eigenvalue weighted by Crippen LogP contribution is 2.31. The Kier molecular flexibility index (Phi) is 4.22. The molecule has 0 fully saturated rings. The number of carbonyl (C=O) groups excluding carboxylic acids is 1. The van der Waals surface area contributed by atoms with Crippen LogP contribution in [0.3, 0.4) is 0 Å². The second-order valence-electron chi connectivity index (χ2n) is 7.59. The summed E-state index contributed by atoms with van der Waals surface area (Å²) in [6, 6.07) is 32.5. The van der Waals surface area contributed by atoms with E-state index in [1.807, 2.05) is 97.1 Å².